The highest BCUT2D eigenvalue weighted by Gasteiger charge is 2.12. The lowest BCUT2D eigenvalue weighted by molar-refractivity contribution is 0.618. The second-order valence-corrected chi connectivity index (χ2v) is 4.15. The summed E-state index contributed by atoms with van der Waals surface area (Å²) in [5.74, 6) is -0.258. The third kappa shape index (κ3) is 1.71. The zero-order chi connectivity index (χ0) is 11.8. The molecule has 1 aliphatic rings. The number of nitrogens with zero attached hydrogens (tertiary/aromatic N) is 2. The molecule has 1 heterocycles. The van der Waals surface area contributed by atoms with Crippen molar-refractivity contribution < 1.29 is 4.39 Å². The van der Waals surface area contributed by atoms with Gasteiger partial charge in [-0.1, -0.05) is 12.2 Å². The predicted molar refractivity (Wildman–Crippen MR) is 64.8 cm³/mol. The van der Waals surface area contributed by atoms with Gasteiger partial charge in [-0.3, -0.25) is 0 Å². The van der Waals surface area contributed by atoms with Crippen LogP contribution in [-0.4, -0.2) is 9.55 Å². The summed E-state index contributed by atoms with van der Waals surface area (Å²) in [6.07, 6.45) is 8.50. The number of rotatable bonds is 1. The van der Waals surface area contributed by atoms with Gasteiger partial charge in [-0.05, 0) is 24.6 Å². The van der Waals surface area contributed by atoms with E-state index in [0.717, 1.165) is 17.6 Å². The van der Waals surface area contributed by atoms with Crippen molar-refractivity contribution in [3.05, 3.63) is 54.3 Å². The van der Waals surface area contributed by atoms with Gasteiger partial charge in [0.1, 0.15) is 5.82 Å². The van der Waals surface area contributed by atoms with E-state index in [9.17, 15) is 4.39 Å². The fourth-order valence-electron chi connectivity index (χ4n) is 2.10. The highest BCUT2D eigenvalue weighted by Crippen LogP contribution is 2.24. The molecule has 1 aromatic carbocycles. The number of halogens is 1. The Balaban J connectivity index is 2.04. The summed E-state index contributed by atoms with van der Waals surface area (Å²) in [4.78, 5) is 4.21. The molecule has 3 rings (SSSR count). The molecule has 2 aromatic rings. The molecule has 1 atom stereocenters. The molecule has 3 nitrogen and oxygen atoms in total. The maximum absolute atomic E-state index is 13.1. The van der Waals surface area contributed by atoms with Gasteiger partial charge < -0.3 is 10.3 Å². The quantitative estimate of drug-likeness (QED) is 0.816. The third-order valence-corrected chi connectivity index (χ3v) is 3.00. The summed E-state index contributed by atoms with van der Waals surface area (Å²) in [6.45, 7) is 0. The molecule has 0 saturated carbocycles. The minimum Gasteiger partial charge on any atom is -0.399 e. The Bertz CT molecular complexity index is 625. The highest BCUT2D eigenvalue weighted by atomic mass is 19.1. The molecule has 0 saturated heterocycles. The summed E-state index contributed by atoms with van der Waals surface area (Å²) in [7, 11) is 0. The van der Waals surface area contributed by atoms with Crippen molar-refractivity contribution >= 4 is 11.0 Å². The average molecular weight is 229 g/mol. The number of benzene rings is 1. The second kappa shape index (κ2) is 3.73. The average Bonchev–Trinajstić information content (AvgIpc) is 2.73. The number of hydrogen-bond donors (Lipinski definition) is 1. The molecule has 0 radical (unpaired) electrons. The Morgan fingerprint density at radius 3 is 3.06 bits per heavy atom. The minimum atomic E-state index is -0.258. The van der Waals surface area contributed by atoms with E-state index in [2.05, 4.69) is 4.98 Å². The largest absolute Gasteiger partial charge is 0.399 e. The summed E-state index contributed by atoms with van der Waals surface area (Å²) in [5, 5.41) is 0. The SMILES string of the molecule is NC1=CCC(n2cnc3cc(F)ccc32)C=C1. The van der Waals surface area contributed by atoms with Gasteiger partial charge in [-0.25, -0.2) is 9.37 Å². The number of nitrogens with two attached hydrogens (primary N) is 1. The number of hydrogen-bond acceptors (Lipinski definition) is 2. The van der Waals surface area contributed by atoms with Crippen LogP contribution in [0, 0.1) is 5.82 Å². The van der Waals surface area contributed by atoms with E-state index in [-0.39, 0.29) is 11.9 Å². The highest BCUT2D eigenvalue weighted by molar-refractivity contribution is 5.75. The van der Waals surface area contributed by atoms with Crippen molar-refractivity contribution in [3.63, 3.8) is 0 Å². The molecule has 86 valence electrons. The molecule has 1 unspecified atom stereocenters. The van der Waals surface area contributed by atoms with Gasteiger partial charge in [-0.2, -0.15) is 0 Å². The molecule has 0 aliphatic heterocycles. The monoisotopic (exact) mass is 229 g/mol. The van der Waals surface area contributed by atoms with Gasteiger partial charge in [-0.15, -0.1) is 0 Å². The molecule has 1 aromatic heterocycles. The van der Waals surface area contributed by atoms with E-state index >= 15 is 0 Å². The number of allylic oxidation sites excluding steroid dienone is 3. The lowest BCUT2D eigenvalue weighted by Crippen LogP contribution is -2.09. The maximum atomic E-state index is 13.1. The lowest BCUT2D eigenvalue weighted by atomic mass is 10.1. The Kier molecular flexibility index (Phi) is 2.21. The Morgan fingerprint density at radius 1 is 1.41 bits per heavy atom. The fourth-order valence-corrected chi connectivity index (χ4v) is 2.10. The molecule has 4 heteroatoms. The Labute approximate surface area is 98.1 Å². The Hall–Kier alpha value is -2.10. The molecule has 0 amide bonds. The first-order chi connectivity index (χ1) is 8.24. The molecular formula is C13H12FN3. The van der Waals surface area contributed by atoms with Crippen molar-refractivity contribution in [2.45, 2.75) is 12.5 Å². The summed E-state index contributed by atoms with van der Waals surface area (Å²) in [6, 6.07) is 4.87. The second-order valence-electron chi connectivity index (χ2n) is 4.15. The van der Waals surface area contributed by atoms with Crippen LogP contribution in [0.2, 0.25) is 0 Å². The van der Waals surface area contributed by atoms with Crippen LogP contribution < -0.4 is 5.73 Å². The fraction of sp³-hybridized carbons (Fsp3) is 0.154. The summed E-state index contributed by atoms with van der Waals surface area (Å²) >= 11 is 0. The molecular weight excluding hydrogens is 217 g/mol. The zero-order valence-electron chi connectivity index (χ0n) is 9.18. The predicted octanol–water partition coefficient (Wildman–Crippen LogP) is 2.52. The number of aromatic nitrogens is 2. The van der Waals surface area contributed by atoms with Crippen molar-refractivity contribution in [2.24, 2.45) is 5.73 Å². The summed E-state index contributed by atoms with van der Waals surface area (Å²) in [5.41, 5.74) is 8.09. The number of fused-ring (bicyclic) bond motifs is 1. The molecule has 1 aliphatic carbocycles. The van der Waals surface area contributed by atoms with Gasteiger partial charge in [0.05, 0.1) is 23.4 Å². The molecule has 17 heavy (non-hydrogen) atoms. The lowest BCUT2D eigenvalue weighted by Gasteiger charge is -2.17. The van der Waals surface area contributed by atoms with Crippen LogP contribution in [0.3, 0.4) is 0 Å². The molecule has 0 bridgehead atoms. The molecule has 0 spiro atoms. The van der Waals surface area contributed by atoms with Crippen LogP contribution in [-0.2, 0) is 0 Å². The normalized spacial score (nSPS) is 19.6. The van der Waals surface area contributed by atoms with E-state index in [1.807, 2.05) is 22.8 Å². The van der Waals surface area contributed by atoms with Crippen LogP contribution >= 0.6 is 0 Å². The standard InChI is InChI=1S/C13H12FN3/c14-9-1-6-13-12(7-9)16-8-17(13)11-4-2-10(15)3-5-11/h1-4,6-8,11H,5,15H2. The third-order valence-electron chi connectivity index (χ3n) is 3.00. The van der Waals surface area contributed by atoms with E-state index in [1.54, 1.807) is 12.4 Å². The van der Waals surface area contributed by atoms with E-state index in [0.29, 0.717) is 5.52 Å². The van der Waals surface area contributed by atoms with E-state index < -0.39 is 0 Å². The van der Waals surface area contributed by atoms with Gasteiger partial charge in [0, 0.05) is 11.8 Å². The summed E-state index contributed by atoms with van der Waals surface area (Å²) < 4.78 is 15.1. The van der Waals surface area contributed by atoms with Gasteiger partial charge in [0.25, 0.3) is 0 Å². The maximum Gasteiger partial charge on any atom is 0.125 e. The number of imidazole rings is 1. The van der Waals surface area contributed by atoms with Crippen molar-refractivity contribution in [3.8, 4) is 0 Å². The first-order valence-corrected chi connectivity index (χ1v) is 5.50. The first kappa shape index (κ1) is 10.1. The molecule has 2 N–H and O–H groups in total. The molecule has 0 fully saturated rings. The van der Waals surface area contributed by atoms with Crippen molar-refractivity contribution in [2.75, 3.05) is 0 Å². The van der Waals surface area contributed by atoms with Crippen LogP contribution in [0.4, 0.5) is 4.39 Å². The van der Waals surface area contributed by atoms with Crippen LogP contribution in [0.5, 0.6) is 0 Å². The van der Waals surface area contributed by atoms with Crippen molar-refractivity contribution in [1.82, 2.24) is 9.55 Å². The van der Waals surface area contributed by atoms with Crippen LogP contribution in [0.25, 0.3) is 11.0 Å². The first-order valence-electron chi connectivity index (χ1n) is 5.50. The smallest absolute Gasteiger partial charge is 0.125 e. The minimum absolute atomic E-state index is 0.206. The van der Waals surface area contributed by atoms with Crippen LogP contribution in [0.1, 0.15) is 12.5 Å². The van der Waals surface area contributed by atoms with Gasteiger partial charge in [0.2, 0.25) is 0 Å². The van der Waals surface area contributed by atoms with Gasteiger partial charge >= 0.3 is 0 Å². The van der Waals surface area contributed by atoms with Gasteiger partial charge in [0.15, 0.2) is 0 Å². The van der Waals surface area contributed by atoms with E-state index in [1.165, 1.54) is 12.1 Å². The zero-order valence-corrected chi connectivity index (χ0v) is 9.18. The van der Waals surface area contributed by atoms with Crippen LogP contribution in [0.15, 0.2) is 48.5 Å². The van der Waals surface area contributed by atoms with Crippen molar-refractivity contribution in [1.29, 1.82) is 0 Å². The Morgan fingerprint density at radius 2 is 2.29 bits per heavy atom. The van der Waals surface area contributed by atoms with E-state index in [4.69, 9.17) is 5.73 Å². The topological polar surface area (TPSA) is 43.8 Å².